The molecule has 1 aromatic carbocycles. The van der Waals surface area contributed by atoms with Gasteiger partial charge in [-0.05, 0) is 36.8 Å². The smallest absolute Gasteiger partial charge is 0.281 e. The van der Waals surface area contributed by atoms with Crippen molar-refractivity contribution < 1.29 is 4.79 Å². The lowest BCUT2D eigenvalue weighted by molar-refractivity contribution is -0.131. The Bertz CT molecular complexity index is 1290. The van der Waals surface area contributed by atoms with Crippen molar-refractivity contribution >= 4 is 28.4 Å². The number of fused-ring (bicyclic) bond motifs is 1. The van der Waals surface area contributed by atoms with Crippen molar-refractivity contribution in [3.63, 3.8) is 0 Å². The molecule has 1 atom stereocenters. The lowest BCUT2D eigenvalue weighted by Crippen LogP contribution is -2.40. The van der Waals surface area contributed by atoms with Gasteiger partial charge in [0.15, 0.2) is 11.2 Å². The SMILES string of the molecule is Cc1ccc(CC(=O)N2CCC[C@@H](c3nc4c(nnn4Cc4cccs4)c(=O)[nH]3)C2)cc1. The Balaban J connectivity index is 1.36. The number of benzene rings is 1. The first-order chi connectivity index (χ1) is 15.6. The van der Waals surface area contributed by atoms with Crippen molar-refractivity contribution in [3.05, 3.63) is 74.0 Å². The van der Waals surface area contributed by atoms with Gasteiger partial charge in [0.1, 0.15) is 5.82 Å². The van der Waals surface area contributed by atoms with Crippen molar-refractivity contribution in [3.8, 4) is 0 Å². The van der Waals surface area contributed by atoms with Crippen molar-refractivity contribution in [2.24, 2.45) is 0 Å². The zero-order chi connectivity index (χ0) is 22.1. The summed E-state index contributed by atoms with van der Waals surface area (Å²) in [5, 5.41) is 10.2. The average Bonchev–Trinajstić information content (AvgIpc) is 3.46. The van der Waals surface area contributed by atoms with E-state index in [4.69, 9.17) is 4.98 Å². The van der Waals surface area contributed by atoms with Crippen molar-refractivity contribution in [1.29, 1.82) is 0 Å². The van der Waals surface area contributed by atoms with Crippen LogP contribution in [0.5, 0.6) is 0 Å². The van der Waals surface area contributed by atoms with Crippen LogP contribution in [-0.4, -0.2) is 48.9 Å². The second kappa shape index (κ2) is 8.66. The summed E-state index contributed by atoms with van der Waals surface area (Å²) in [6, 6.07) is 12.1. The van der Waals surface area contributed by atoms with Crippen LogP contribution in [-0.2, 0) is 17.8 Å². The molecule has 32 heavy (non-hydrogen) atoms. The van der Waals surface area contributed by atoms with Crippen LogP contribution in [0.1, 0.15) is 40.6 Å². The molecule has 0 spiro atoms. The Hall–Kier alpha value is -3.33. The number of hydrogen-bond donors (Lipinski definition) is 1. The molecular formula is C23H24N6O2S. The van der Waals surface area contributed by atoms with Gasteiger partial charge in [0.2, 0.25) is 5.91 Å². The summed E-state index contributed by atoms with van der Waals surface area (Å²) in [7, 11) is 0. The summed E-state index contributed by atoms with van der Waals surface area (Å²) in [6.07, 6.45) is 2.13. The number of H-pyrrole nitrogens is 1. The third-order valence-electron chi connectivity index (χ3n) is 5.91. The molecule has 9 heteroatoms. The van der Waals surface area contributed by atoms with Crippen LogP contribution in [0.4, 0.5) is 0 Å². The number of piperidine rings is 1. The van der Waals surface area contributed by atoms with Gasteiger partial charge in [0.05, 0.1) is 13.0 Å². The lowest BCUT2D eigenvalue weighted by atomic mass is 9.96. The number of carbonyl (C=O) groups excluding carboxylic acids is 1. The van der Waals surface area contributed by atoms with Crippen LogP contribution in [0.2, 0.25) is 0 Å². The van der Waals surface area contributed by atoms with Gasteiger partial charge in [0.25, 0.3) is 5.56 Å². The number of carbonyl (C=O) groups is 1. The van der Waals surface area contributed by atoms with E-state index in [0.717, 1.165) is 29.8 Å². The monoisotopic (exact) mass is 448 g/mol. The van der Waals surface area contributed by atoms with E-state index < -0.39 is 0 Å². The van der Waals surface area contributed by atoms with Gasteiger partial charge in [-0.15, -0.1) is 16.4 Å². The maximum atomic E-state index is 12.9. The standard InChI is InChI=1S/C23H24N6O2S/c1-15-6-8-16(9-7-15)12-19(30)28-10-2-4-17(13-28)21-24-22-20(23(31)25-21)26-27-29(22)14-18-5-3-11-32-18/h3,5-9,11,17H,2,4,10,12-14H2,1H3,(H,24,25,31)/t17-/m1/s1. The largest absolute Gasteiger partial charge is 0.342 e. The zero-order valence-electron chi connectivity index (χ0n) is 17.8. The molecule has 0 aliphatic carbocycles. The number of likely N-dealkylation sites (tertiary alicyclic amines) is 1. The molecule has 4 heterocycles. The fraction of sp³-hybridized carbons (Fsp3) is 0.348. The number of aromatic nitrogens is 5. The minimum absolute atomic E-state index is 0.0205. The van der Waals surface area contributed by atoms with E-state index in [1.54, 1.807) is 16.0 Å². The van der Waals surface area contributed by atoms with Crippen LogP contribution in [0.25, 0.3) is 11.2 Å². The van der Waals surface area contributed by atoms with Gasteiger partial charge in [-0.1, -0.05) is 41.1 Å². The second-order valence-electron chi connectivity index (χ2n) is 8.29. The Morgan fingerprint density at radius 2 is 2.09 bits per heavy atom. The van der Waals surface area contributed by atoms with Crippen LogP contribution in [0, 0.1) is 6.92 Å². The summed E-state index contributed by atoms with van der Waals surface area (Å²) in [4.78, 5) is 36.2. The number of nitrogens with zero attached hydrogens (tertiary/aromatic N) is 5. The Kier molecular flexibility index (Phi) is 5.57. The van der Waals surface area contributed by atoms with E-state index >= 15 is 0 Å². The fourth-order valence-electron chi connectivity index (χ4n) is 4.15. The average molecular weight is 449 g/mol. The molecular weight excluding hydrogens is 424 g/mol. The molecule has 1 aliphatic heterocycles. The Morgan fingerprint density at radius 3 is 2.88 bits per heavy atom. The molecule has 0 saturated carbocycles. The number of nitrogens with one attached hydrogen (secondary N) is 1. The second-order valence-corrected chi connectivity index (χ2v) is 9.32. The van der Waals surface area contributed by atoms with Gasteiger partial charge < -0.3 is 9.88 Å². The van der Waals surface area contributed by atoms with Crippen molar-refractivity contribution in [2.45, 2.75) is 38.6 Å². The van der Waals surface area contributed by atoms with Gasteiger partial charge in [0, 0.05) is 23.9 Å². The molecule has 1 saturated heterocycles. The number of rotatable bonds is 5. The molecule has 164 valence electrons. The highest BCUT2D eigenvalue weighted by Gasteiger charge is 2.27. The summed E-state index contributed by atoms with van der Waals surface area (Å²) in [5.41, 5.74) is 2.64. The topological polar surface area (TPSA) is 96.8 Å². The predicted molar refractivity (Wildman–Crippen MR) is 123 cm³/mol. The molecule has 1 aliphatic rings. The molecule has 8 nitrogen and oxygen atoms in total. The summed E-state index contributed by atoms with van der Waals surface area (Å²) in [6.45, 7) is 3.83. The van der Waals surface area contributed by atoms with E-state index in [9.17, 15) is 9.59 Å². The molecule has 5 rings (SSSR count). The predicted octanol–water partition coefficient (Wildman–Crippen LogP) is 2.88. The highest BCUT2D eigenvalue weighted by atomic mass is 32.1. The fourth-order valence-corrected chi connectivity index (χ4v) is 4.84. The first kappa shape index (κ1) is 20.6. The highest BCUT2D eigenvalue weighted by molar-refractivity contribution is 7.09. The van der Waals surface area contributed by atoms with Gasteiger partial charge in [-0.3, -0.25) is 9.59 Å². The molecule has 0 bridgehead atoms. The van der Waals surface area contributed by atoms with Crippen LogP contribution in [0.3, 0.4) is 0 Å². The maximum absolute atomic E-state index is 12.9. The number of aromatic amines is 1. The zero-order valence-corrected chi connectivity index (χ0v) is 18.6. The van der Waals surface area contributed by atoms with E-state index in [0.29, 0.717) is 31.0 Å². The number of aryl methyl sites for hydroxylation is 1. The number of hydrogen-bond acceptors (Lipinski definition) is 6. The minimum Gasteiger partial charge on any atom is -0.342 e. The van der Waals surface area contributed by atoms with Gasteiger partial charge >= 0.3 is 0 Å². The first-order valence-electron chi connectivity index (χ1n) is 10.8. The Morgan fingerprint density at radius 1 is 1.25 bits per heavy atom. The van der Waals surface area contributed by atoms with E-state index in [-0.39, 0.29) is 22.9 Å². The third kappa shape index (κ3) is 4.20. The maximum Gasteiger partial charge on any atom is 0.281 e. The molecule has 0 unspecified atom stereocenters. The first-order valence-corrected chi connectivity index (χ1v) is 11.6. The molecule has 4 aromatic rings. The molecule has 1 amide bonds. The van der Waals surface area contributed by atoms with Crippen molar-refractivity contribution in [2.75, 3.05) is 13.1 Å². The Labute approximate surface area is 188 Å². The van der Waals surface area contributed by atoms with Gasteiger partial charge in [-0.25, -0.2) is 9.67 Å². The van der Waals surface area contributed by atoms with E-state index in [1.165, 1.54) is 5.56 Å². The third-order valence-corrected chi connectivity index (χ3v) is 6.78. The quantitative estimate of drug-likeness (QED) is 0.506. The van der Waals surface area contributed by atoms with Gasteiger partial charge in [-0.2, -0.15) is 0 Å². The summed E-state index contributed by atoms with van der Waals surface area (Å²) < 4.78 is 1.67. The number of amides is 1. The summed E-state index contributed by atoms with van der Waals surface area (Å²) >= 11 is 1.62. The molecule has 1 N–H and O–H groups in total. The van der Waals surface area contributed by atoms with Crippen LogP contribution >= 0.6 is 11.3 Å². The normalized spacial score (nSPS) is 16.5. The number of thiophene rings is 1. The molecule has 0 radical (unpaired) electrons. The van der Waals surface area contributed by atoms with Crippen LogP contribution in [0.15, 0.2) is 46.6 Å². The highest BCUT2D eigenvalue weighted by Crippen LogP contribution is 2.25. The summed E-state index contributed by atoms with van der Waals surface area (Å²) in [5.74, 6) is 0.685. The minimum atomic E-state index is -0.287. The molecule has 1 fully saturated rings. The van der Waals surface area contributed by atoms with E-state index in [2.05, 4.69) is 15.3 Å². The van der Waals surface area contributed by atoms with Crippen molar-refractivity contribution in [1.82, 2.24) is 29.9 Å². The lowest BCUT2D eigenvalue weighted by Gasteiger charge is -2.32. The van der Waals surface area contributed by atoms with Crippen LogP contribution < -0.4 is 5.56 Å². The molecule has 3 aromatic heterocycles. The van der Waals surface area contributed by atoms with E-state index in [1.807, 2.05) is 53.6 Å².